The van der Waals surface area contributed by atoms with Gasteiger partial charge in [-0.1, -0.05) is 0 Å². The molecule has 0 radical (unpaired) electrons. The molecule has 0 aliphatic heterocycles. The van der Waals surface area contributed by atoms with Gasteiger partial charge in [0.1, 0.15) is 54.4 Å². The van der Waals surface area contributed by atoms with E-state index in [0.29, 0.717) is 12.8 Å². The predicted octanol–water partition coefficient (Wildman–Crippen LogP) is -9.80. The molecule has 0 fully saturated rings. The molecule has 33 N–H and O–H groups in total. The molecular formula is C49H94N24O13. The zero-order chi connectivity index (χ0) is 65.5. The van der Waals surface area contributed by atoms with Crippen molar-refractivity contribution in [1.29, 1.82) is 0 Å². The molecule has 10 amide bonds. The number of nitrogens with one attached hydrogen (secondary N) is 9. The monoisotopic (exact) mass is 1230 g/mol. The Kier molecular flexibility index (Phi) is 38.4. The minimum absolute atomic E-state index is 0.000614. The summed E-state index contributed by atoms with van der Waals surface area (Å²) in [7, 11) is 0. The van der Waals surface area contributed by atoms with Gasteiger partial charge in [-0.25, -0.2) is 0 Å². The molecule has 0 unspecified atom stereocenters. The summed E-state index contributed by atoms with van der Waals surface area (Å²) in [5.41, 5.74) is 60.6. The first-order chi connectivity index (χ1) is 40.4. The van der Waals surface area contributed by atoms with Crippen LogP contribution in [0.3, 0.4) is 0 Å². The lowest BCUT2D eigenvalue weighted by molar-refractivity contribution is -0.141. The average molecular weight is 1230 g/mol. The lowest BCUT2D eigenvalue weighted by Gasteiger charge is -2.28. The summed E-state index contributed by atoms with van der Waals surface area (Å²) in [4.78, 5) is 163. The first-order valence-corrected chi connectivity index (χ1v) is 27.9. The zero-order valence-electron chi connectivity index (χ0n) is 49.1. The van der Waals surface area contributed by atoms with Crippen LogP contribution in [0.1, 0.15) is 117 Å². The topological polar surface area (TPSA) is 672 Å². The number of amides is 10. The number of carboxylic acids is 1. The van der Waals surface area contributed by atoms with Crippen molar-refractivity contribution in [2.75, 3.05) is 39.3 Å². The number of nitrogens with zero attached hydrogens (tertiary/aromatic N) is 4. The Hall–Kier alpha value is -8.87. The molecule has 0 bridgehead atoms. The molecule has 0 aliphatic rings. The lowest BCUT2D eigenvalue weighted by atomic mass is 10.0. The van der Waals surface area contributed by atoms with Gasteiger partial charge in [0, 0.05) is 33.1 Å². The maximum absolute atomic E-state index is 14.5. The summed E-state index contributed by atoms with van der Waals surface area (Å²) < 4.78 is 0. The fourth-order valence-electron chi connectivity index (χ4n) is 7.96. The normalized spacial score (nSPS) is 14.3. The van der Waals surface area contributed by atoms with Crippen LogP contribution < -0.4 is 111 Å². The fourth-order valence-corrected chi connectivity index (χ4v) is 7.96. The van der Waals surface area contributed by atoms with Gasteiger partial charge in [0.25, 0.3) is 0 Å². The van der Waals surface area contributed by atoms with Gasteiger partial charge in [0.05, 0.1) is 12.5 Å². The van der Waals surface area contributed by atoms with E-state index in [0.717, 1.165) is 6.92 Å². The Morgan fingerprint density at radius 2 is 0.640 bits per heavy atom. The molecule has 10 atom stereocenters. The molecule has 0 spiro atoms. The molecule has 37 heteroatoms. The average Bonchev–Trinajstić information content (AvgIpc) is 2.87. The van der Waals surface area contributed by atoms with Crippen LogP contribution in [-0.4, -0.2) is 199 Å². The van der Waals surface area contributed by atoms with Crippen LogP contribution in [0, 0.1) is 0 Å². The van der Waals surface area contributed by atoms with E-state index in [9.17, 15) is 63.0 Å². The van der Waals surface area contributed by atoms with Crippen molar-refractivity contribution >= 4 is 88.9 Å². The van der Waals surface area contributed by atoms with Gasteiger partial charge in [0.15, 0.2) is 23.8 Å². The molecule has 0 aliphatic carbocycles. The highest BCUT2D eigenvalue weighted by molar-refractivity contribution is 5.99. The van der Waals surface area contributed by atoms with Gasteiger partial charge < -0.3 is 121 Å². The van der Waals surface area contributed by atoms with Crippen LogP contribution in [0.2, 0.25) is 0 Å². The number of unbranched alkanes of at least 4 members (excludes halogenated alkanes) is 2. The van der Waals surface area contributed by atoms with Crippen molar-refractivity contribution in [1.82, 2.24) is 47.9 Å². The SMILES string of the molecule is CC(=O)N[C@@H](CCCN=C(N)N)C(=O)N[C@@H](C)C(=O)N[C@@H](CC(=O)O)C(=O)N[C@@H](CCCN=C(N)N)C(=O)N[C@@H](CCCN=C(N)N)C(=O)N[C@@H](CCCCN)C(=O)N[C@@H](CCCCN)C(=O)N[C@@H](CCCN=C(N)N)C(=O)N[C@H](C(N)=O)[C@@H](C)O. The van der Waals surface area contributed by atoms with Crippen molar-refractivity contribution in [3.8, 4) is 0 Å². The number of aliphatic hydroxyl groups excluding tert-OH is 1. The number of carboxylic acid groups (broad SMARTS) is 1. The smallest absolute Gasteiger partial charge is 0.305 e. The van der Waals surface area contributed by atoms with E-state index in [1.165, 1.54) is 13.8 Å². The Labute approximate surface area is 498 Å². The van der Waals surface area contributed by atoms with Gasteiger partial charge in [0.2, 0.25) is 59.1 Å². The van der Waals surface area contributed by atoms with Crippen LogP contribution in [0.4, 0.5) is 0 Å². The maximum Gasteiger partial charge on any atom is 0.305 e. The number of nitrogens with two attached hydrogens (primary N) is 11. The van der Waals surface area contributed by atoms with Gasteiger partial charge >= 0.3 is 5.97 Å². The molecule has 0 saturated heterocycles. The van der Waals surface area contributed by atoms with E-state index >= 15 is 0 Å². The summed E-state index contributed by atoms with van der Waals surface area (Å²) in [5, 5.41) is 42.2. The highest BCUT2D eigenvalue weighted by Gasteiger charge is 2.35. The number of aliphatic carboxylic acids is 1. The van der Waals surface area contributed by atoms with Gasteiger partial charge in [-0.3, -0.25) is 72.7 Å². The number of hydrogen-bond donors (Lipinski definition) is 22. The first kappa shape index (κ1) is 77.1. The Morgan fingerprint density at radius 1 is 0.372 bits per heavy atom. The largest absolute Gasteiger partial charge is 0.481 e. The molecule has 0 aromatic carbocycles. The van der Waals surface area contributed by atoms with Gasteiger partial charge in [-0.2, -0.15) is 0 Å². The van der Waals surface area contributed by atoms with Crippen molar-refractivity contribution < 1.29 is 63.0 Å². The molecule has 37 nitrogen and oxygen atoms in total. The third kappa shape index (κ3) is 34.7. The third-order valence-corrected chi connectivity index (χ3v) is 12.4. The Bertz CT molecular complexity index is 2340. The summed E-state index contributed by atoms with van der Waals surface area (Å²) in [6, 6.07) is -13.3. The molecule has 0 aromatic rings. The van der Waals surface area contributed by atoms with E-state index in [1.807, 2.05) is 0 Å². The second-order valence-electron chi connectivity index (χ2n) is 19.9. The number of aliphatic imine (C=N–C) groups is 4. The number of carbonyl (C=O) groups is 11. The Morgan fingerprint density at radius 3 is 0.907 bits per heavy atom. The van der Waals surface area contributed by atoms with E-state index in [2.05, 4.69) is 67.8 Å². The number of guanidine groups is 4. The molecule has 0 aromatic heterocycles. The molecular weight excluding hydrogens is 1130 g/mol. The van der Waals surface area contributed by atoms with Crippen molar-refractivity contribution in [3.05, 3.63) is 0 Å². The lowest BCUT2D eigenvalue weighted by Crippen LogP contribution is -2.60. The molecule has 86 heavy (non-hydrogen) atoms. The van der Waals surface area contributed by atoms with E-state index in [4.69, 9.17) is 63.1 Å². The number of carbonyl (C=O) groups excluding carboxylic acids is 10. The van der Waals surface area contributed by atoms with Crippen LogP contribution in [0.15, 0.2) is 20.0 Å². The van der Waals surface area contributed by atoms with Crippen molar-refractivity contribution in [3.63, 3.8) is 0 Å². The number of primary amides is 1. The second kappa shape index (κ2) is 42.9. The van der Waals surface area contributed by atoms with Gasteiger partial charge in [-0.05, 0) is 117 Å². The standard InChI is InChI=1S/C49H94N24O13/c1-25(65-39(80)28(66-27(3)75)14-8-20-61-46(53)54)38(79)72-34(24-35(76)77)45(86)71-32(16-10-22-63-48(57)58)43(84)69-31(15-9-21-62-47(55)56)42(83)68-29(12-4-6-18-50)40(81)67-30(13-5-7-19-51)41(82)70-33(17-11-23-64-49(59)60)44(85)73-36(26(2)74)37(52)78/h25-26,28-34,36,74H,4-24,50-51H2,1-3H3,(H2,52,78)(H,65,80)(H,66,75)(H,67,81)(H,68,83)(H,69,84)(H,70,82)(H,71,86)(H,72,79)(H,73,85)(H,76,77)(H4,53,54,61)(H4,55,56,62)(H4,57,58,63)(H4,59,60,64)/t25-,26+,28-,29-,30-,31-,32-,33-,34-,36-/m0/s1. The van der Waals surface area contributed by atoms with E-state index in [1.54, 1.807) is 0 Å². The predicted molar refractivity (Wildman–Crippen MR) is 317 cm³/mol. The first-order valence-electron chi connectivity index (χ1n) is 27.9. The van der Waals surface area contributed by atoms with E-state index < -0.39 is 132 Å². The van der Waals surface area contributed by atoms with Crippen LogP contribution in [-0.2, 0) is 52.7 Å². The third-order valence-electron chi connectivity index (χ3n) is 12.4. The molecule has 488 valence electrons. The Balaban J connectivity index is 7.15. The minimum Gasteiger partial charge on any atom is -0.481 e. The van der Waals surface area contributed by atoms with Crippen LogP contribution in [0.25, 0.3) is 0 Å². The minimum atomic E-state index is -1.88. The molecule has 0 rings (SSSR count). The maximum atomic E-state index is 14.5. The van der Waals surface area contributed by atoms with Crippen molar-refractivity contribution in [2.45, 2.75) is 178 Å². The van der Waals surface area contributed by atoms with Crippen molar-refractivity contribution in [2.24, 2.45) is 83.0 Å². The summed E-state index contributed by atoms with van der Waals surface area (Å²) in [6.45, 7) is 3.98. The summed E-state index contributed by atoms with van der Waals surface area (Å²) in [5.74, 6) is -12.0. The quantitative estimate of drug-likeness (QED) is 0.0153. The summed E-state index contributed by atoms with van der Waals surface area (Å²) >= 11 is 0. The summed E-state index contributed by atoms with van der Waals surface area (Å²) in [6.07, 6.45) is -1.38. The highest BCUT2D eigenvalue weighted by Crippen LogP contribution is 2.11. The molecule has 0 saturated carbocycles. The fraction of sp³-hybridized carbons (Fsp3) is 0.694. The molecule has 0 heterocycles. The highest BCUT2D eigenvalue weighted by atomic mass is 16.4. The van der Waals surface area contributed by atoms with E-state index in [-0.39, 0.29) is 140 Å². The number of rotatable bonds is 45. The van der Waals surface area contributed by atoms with Crippen LogP contribution >= 0.6 is 0 Å². The number of hydrogen-bond acceptors (Lipinski definition) is 18. The van der Waals surface area contributed by atoms with Crippen LogP contribution in [0.5, 0.6) is 0 Å². The zero-order valence-corrected chi connectivity index (χ0v) is 49.1. The second-order valence-corrected chi connectivity index (χ2v) is 19.9. The van der Waals surface area contributed by atoms with Gasteiger partial charge in [-0.15, -0.1) is 0 Å². The number of aliphatic hydroxyl groups is 1.